The van der Waals surface area contributed by atoms with Crippen LogP contribution in [0.2, 0.25) is 0 Å². The molecule has 0 saturated carbocycles. The molecule has 1 aromatic heterocycles. The molecule has 0 aliphatic heterocycles. The van der Waals surface area contributed by atoms with E-state index in [1.165, 1.54) is 12.1 Å². The van der Waals surface area contributed by atoms with Gasteiger partial charge in [0.25, 0.3) is 5.56 Å². The van der Waals surface area contributed by atoms with Gasteiger partial charge in [-0.05, 0) is 31.5 Å². The fourth-order valence-electron chi connectivity index (χ4n) is 1.90. The van der Waals surface area contributed by atoms with E-state index in [4.69, 9.17) is 5.11 Å². The number of carboxylic acid groups (broad SMARTS) is 1. The van der Waals surface area contributed by atoms with E-state index in [2.05, 4.69) is 10.3 Å². The van der Waals surface area contributed by atoms with E-state index in [-0.39, 0.29) is 23.0 Å². The number of hydrogen-bond donors (Lipinski definition) is 2. The lowest BCUT2D eigenvalue weighted by Crippen LogP contribution is -2.25. The first-order valence-corrected chi connectivity index (χ1v) is 6.62. The molecule has 6 nitrogen and oxygen atoms in total. The Balaban J connectivity index is 2.11. The summed E-state index contributed by atoms with van der Waals surface area (Å²) in [6.07, 6.45) is 3.23. The van der Waals surface area contributed by atoms with Gasteiger partial charge in [0, 0.05) is 25.0 Å². The van der Waals surface area contributed by atoms with Gasteiger partial charge >= 0.3 is 5.97 Å². The van der Waals surface area contributed by atoms with Gasteiger partial charge in [0.1, 0.15) is 0 Å². The van der Waals surface area contributed by atoms with Crippen molar-refractivity contribution in [3.05, 3.63) is 58.1 Å². The van der Waals surface area contributed by atoms with Crippen molar-refractivity contribution in [1.82, 2.24) is 9.55 Å². The van der Waals surface area contributed by atoms with E-state index < -0.39 is 5.97 Å². The summed E-state index contributed by atoms with van der Waals surface area (Å²) < 4.78 is 1.60. The predicted octanol–water partition coefficient (Wildman–Crippen LogP) is 2.13. The largest absolute Gasteiger partial charge is 0.478 e. The molecule has 0 fully saturated rings. The Kier molecular flexibility index (Phi) is 4.37. The number of anilines is 1. The zero-order valence-corrected chi connectivity index (χ0v) is 11.9. The molecule has 0 atom stereocenters. The fourth-order valence-corrected chi connectivity index (χ4v) is 1.90. The molecule has 21 heavy (non-hydrogen) atoms. The molecule has 110 valence electrons. The zero-order chi connectivity index (χ0) is 15.4. The Labute approximate surface area is 122 Å². The molecular weight excluding hydrogens is 270 g/mol. The smallest absolute Gasteiger partial charge is 0.335 e. The fraction of sp³-hybridized carbons (Fsp3) is 0.267. The molecule has 0 spiro atoms. The maximum atomic E-state index is 12.1. The van der Waals surface area contributed by atoms with Gasteiger partial charge in [-0.3, -0.25) is 4.79 Å². The van der Waals surface area contributed by atoms with E-state index in [1.54, 1.807) is 29.1 Å². The third kappa shape index (κ3) is 3.47. The van der Waals surface area contributed by atoms with Gasteiger partial charge in [0.2, 0.25) is 0 Å². The van der Waals surface area contributed by atoms with E-state index in [9.17, 15) is 9.59 Å². The van der Waals surface area contributed by atoms with Crippen molar-refractivity contribution >= 4 is 11.8 Å². The van der Waals surface area contributed by atoms with E-state index >= 15 is 0 Å². The summed E-state index contributed by atoms with van der Waals surface area (Å²) in [6, 6.07) is 6.55. The maximum Gasteiger partial charge on any atom is 0.335 e. The van der Waals surface area contributed by atoms with Crippen LogP contribution in [0.15, 0.2) is 41.5 Å². The Morgan fingerprint density at radius 2 is 2.00 bits per heavy atom. The molecule has 2 N–H and O–H groups in total. The Morgan fingerprint density at radius 1 is 1.33 bits per heavy atom. The van der Waals surface area contributed by atoms with Crippen LogP contribution in [0.4, 0.5) is 5.82 Å². The maximum absolute atomic E-state index is 12.1. The Morgan fingerprint density at radius 3 is 2.57 bits per heavy atom. The van der Waals surface area contributed by atoms with Crippen molar-refractivity contribution in [2.45, 2.75) is 26.4 Å². The molecule has 0 aliphatic carbocycles. The second-order valence-corrected chi connectivity index (χ2v) is 4.94. The van der Waals surface area contributed by atoms with Crippen molar-refractivity contribution in [3.63, 3.8) is 0 Å². The third-order valence-corrected chi connectivity index (χ3v) is 3.09. The van der Waals surface area contributed by atoms with Crippen molar-refractivity contribution in [3.8, 4) is 0 Å². The van der Waals surface area contributed by atoms with Crippen molar-refractivity contribution < 1.29 is 9.90 Å². The Hall–Kier alpha value is -2.63. The summed E-state index contributed by atoms with van der Waals surface area (Å²) in [6.45, 7) is 4.26. The number of hydrogen-bond acceptors (Lipinski definition) is 4. The van der Waals surface area contributed by atoms with E-state index in [0.717, 1.165) is 5.56 Å². The van der Waals surface area contributed by atoms with Gasteiger partial charge < -0.3 is 15.0 Å². The number of nitrogens with zero attached hydrogens (tertiary/aromatic N) is 2. The number of nitrogens with one attached hydrogen (secondary N) is 1. The second kappa shape index (κ2) is 6.21. The molecule has 0 saturated heterocycles. The van der Waals surface area contributed by atoms with Crippen molar-refractivity contribution in [2.24, 2.45) is 0 Å². The standard InChI is InChI=1S/C15H17N3O3/c1-10(2)18-8-7-16-13(14(18)19)17-9-11-3-5-12(6-4-11)15(20)21/h3-8,10H,9H2,1-2H3,(H,16,17)(H,20,21). The monoisotopic (exact) mass is 287 g/mol. The van der Waals surface area contributed by atoms with Crippen LogP contribution in [0, 0.1) is 0 Å². The number of aromatic nitrogens is 2. The number of aromatic carboxylic acids is 1. The average molecular weight is 287 g/mol. The van der Waals surface area contributed by atoms with Crippen LogP contribution in [-0.2, 0) is 6.54 Å². The first-order chi connectivity index (χ1) is 9.99. The van der Waals surface area contributed by atoms with Crippen LogP contribution in [0.3, 0.4) is 0 Å². The molecule has 1 aromatic carbocycles. The first kappa shape index (κ1) is 14.8. The summed E-state index contributed by atoms with van der Waals surface area (Å²) in [4.78, 5) is 26.9. The minimum Gasteiger partial charge on any atom is -0.478 e. The van der Waals surface area contributed by atoms with Crippen molar-refractivity contribution in [1.29, 1.82) is 0 Å². The molecule has 2 aromatic rings. The van der Waals surface area contributed by atoms with Crippen LogP contribution in [0.5, 0.6) is 0 Å². The lowest BCUT2D eigenvalue weighted by Gasteiger charge is -2.11. The van der Waals surface area contributed by atoms with Crippen LogP contribution >= 0.6 is 0 Å². The summed E-state index contributed by atoms with van der Waals surface area (Å²) in [5.74, 6) is -0.674. The van der Waals surface area contributed by atoms with Crippen molar-refractivity contribution in [2.75, 3.05) is 5.32 Å². The number of carbonyl (C=O) groups is 1. The summed E-state index contributed by atoms with van der Waals surface area (Å²) in [7, 11) is 0. The topological polar surface area (TPSA) is 84.2 Å². The third-order valence-electron chi connectivity index (χ3n) is 3.09. The van der Waals surface area contributed by atoms with Gasteiger partial charge in [-0.2, -0.15) is 0 Å². The molecule has 0 amide bonds. The highest BCUT2D eigenvalue weighted by Gasteiger charge is 2.07. The molecule has 6 heteroatoms. The SMILES string of the molecule is CC(C)n1ccnc(NCc2ccc(C(=O)O)cc2)c1=O. The van der Waals surface area contributed by atoms with E-state index in [1.807, 2.05) is 13.8 Å². The molecule has 1 heterocycles. The second-order valence-electron chi connectivity index (χ2n) is 4.94. The van der Waals surface area contributed by atoms with Gasteiger partial charge in [0.15, 0.2) is 5.82 Å². The summed E-state index contributed by atoms with van der Waals surface area (Å²) in [5, 5.41) is 11.8. The van der Waals surface area contributed by atoms with Gasteiger partial charge in [-0.25, -0.2) is 9.78 Å². The van der Waals surface area contributed by atoms with Crippen LogP contribution in [0.1, 0.15) is 35.8 Å². The highest BCUT2D eigenvalue weighted by atomic mass is 16.4. The predicted molar refractivity (Wildman–Crippen MR) is 79.6 cm³/mol. The molecule has 0 bridgehead atoms. The quantitative estimate of drug-likeness (QED) is 0.880. The van der Waals surface area contributed by atoms with E-state index in [0.29, 0.717) is 6.54 Å². The van der Waals surface area contributed by atoms with Gasteiger partial charge in [0.05, 0.1) is 5.56 Å². The normalized spacial score (nSPS) is 10.6. The highest BCUT2D eigenvalue weighted by Crippen LogP contribution is 2.07. The molecule has 0 aliphatic rings. The Bertz CT molecular complexity index is 690. The molecule has 2 rings (SSSR count). The number of carboxylic acids is 1. The van der Waals surface area contributed by atoms with Crippen LogP contribution in [-0.4, -0.2) is 20.6 Å². The zero-order valence-electron chi connectivity index (χ0n) is 11.9. The minimum atomic E-state index is -0.959. The van der Waals surface area contributed by atoms with Gasteiger partial charge in [-0.1, -0.05) is 12.1 Å². The number of rotatable bonds is 5. The molecular formula is C15H17N3O3. The molecule has 0 unspecified atom stereocenters. The minimum absolute atomic E-state index is 0.0656. The summed E-state index contributed by atoms with van der Waals surface area (Å²) >= 11 is 0. The average Bonchev–Trinajstić information content (AvgIpc) is 2.46. The van der Waals surface area contributed by atoms with Gasteiger partial charge in [-0.15, -0.1) is 0 Å². The lowest BCUT2D eigenvalue weighted by atomic mass is 10.1. The number of benzene rings is 1. The highest BCUT2D eigenvalue weighted by molar-refractivity contribution is 5.87. The summed E-state index contributed by atoms with van der Waals surface area (Å²) in [5.41, 5.74) is 0.939. The molecule has 0 radical (unpaired) electrons. The lowest BCUT2D eigenvalue weighted by molar-refractivity contribution is 0.0697. The van der Waals surface area contributed by atoms with Crippen LogP contribution < -0.4 is 10.9 Å². The van der Waals surface area contributed by atoms with Crippen LogP contribution in [0.25, 0.3) is 0 Å². The first-order valence-electron chi connectivity index (χ1n) is 6.62.